The summed E-state index contributed by atoms with van der Waals surface area (Å²) >= 11 is 2.29. The molecule has 16 heavy (non-hydrogen) atoms. The fourth-order valence-corrected chi connectivity index (χ4v) is 2.45. The summed E-state index contributed by atoms with van der Waals surface area (Å²) in [5.41, 5.74) is 2.11. The van der Waals surface area contributed by atoms with E-state index in [-0.39, 0.29) is 5.78 Å². The van der Waals surface area contributed by atoms with Crippen LogP contribution >= 0.6 is 22.6 Å². The van der Waals surface area contributed by atoms with Crippen molar-refractivity contribution in [1.82, 2.24) is 0 Å². The van der Waals surface area contributed by atoms with Gasteiger partial charge in [0.25, 0.3) is 0 Å². The number of allylic oxidation sites excluding steroid dienone is 2. The molecule has 0 radical (unpaired) electrons. The lowest BCUT2D eigenvalue weighted by Gasteiger charge is -2.20. The molecule has 1 aliphatic rings. The molecule has 0 aliphatic heterocycles. The van der Waals surface area contributed by atoms with Crippen LogP contribution in [-0.2, 0) is 4.79 Å². The number of rotatable bonds is 2. The molecule has 0 bridgehead atoms. The SMILES string of the molecule is C[C@H]1CC(=O)C=C(Nc2ccccc2I)C1. The topological polar surface area (TPSA) is 29.1 Å². The summed E-state index contributed by atoms with van der Waals surface area (Å²) in [5.74, 6) is 0.675. The molecule has 0 aromatic heterocycles. The van der Waals surface area contributed by atoms with Crippen molar-refractivity contribution in [3.8, 4) is 0 Å². The van der Waals surface area contributed by atoms with Crippen molar-refractivity contribution in [1.29, 1.82) is 0 Å². The number of carbonyl (C=O) groups excluding carboxylic acids is 1. The molecular weight excluding hydrogens is 313 g/mol. The first kappa shape index (κ1) is 11.6. The van der Waals surface area contributed by atoms with E-state index >= 15 is 0 Å². The maximum absolute atomic E-state index is 11.4. The number of hydrogen-bond donors (Lipinski definition) is 1. The van der Waals surface area contributed by atoms with Gasteiger partial charge < -0.3 is 5.32 Å². The van der Waals surface area contributed by atoms with E-state index in [2.05, 4.69) is 40.9 Å². The van der Waals surface area contributed by atoms with E-state index in [1.54, 1.807) is 6.08 Å². The zero-order valence-corrected chi connectivity index (χ0v) is 11.3. The standard InChI is InChI=1S/C13H14INO/c1-9-6-10(8-11(16)7-9)15-13-5-3-2-4-12(13)14/h2-5,8-9,15H,6-7H2,1H3/t9-/m1/s1. The lowest BCUT2D eigenvalue weighted by atomic mass is 9.93. The van der Waals surface area contributed by atoms with Crippen LogP contribution in [0.3, 0.4) is 0 Å². The molecule has 2 rings (SSSR count). The maximum Gasteiger partial charge on any atom is 0.157 e. The molecule has 0 fully saturated rings. The molecule has 0 heterocycles. The zero-order valence-electron chi connectivity index (χ0n) is 9.16. The lowest BCUT2D eigenvalue weighted by molar-refractivity contribution is -0.115. The van der Waals surface area contributed by atoms with E-state index in [4.69, 9.17) is 0 Å². The highest BCUT2D eigenvalue weighted by Crippen LogP contribution is 2.25. The molecule has 1 aliphatic carbocycles. The number of halogens is 1. The molecule has 1 N–H and O–H groups in total. The van der Waals surface area contributed by atoms with Crippen LogP contribution < -0.4 is 5.32 Å². The predicted molar refractivity (Wildman–Crippen MR) is 74.3 cm³/mol. The number of para-hydroxylation sites is 1. The third kappa shape index (κ3) is 2.84. The van der Waals surface area contributed by atoms with Gasteiger partial charge in [-0.1, -0.05) is 19.1 Å². The summed E-state index contributed by atoms with van der Waals surface area (Å²) in [4.78, 5) is 11.4. The monoisotopic (exact) mass is 327 g/mol. The highest BCUT2D eigenvalue weighted by Gasteiger charge is 2.17. The molecule has 1 aromatic rings. The van der Waals surface area contributed by atoms with Crippen molar-refractivity contribution in [2.45, 2.75) is 19.8 Å². The molecule has 84 valence electrons. The third-order valence-electron chi connectivity index (χ3n) is 2.62. The quantitative estimate of drug-likeness (QED) is 0.841. The molecule has 1 aromatic carbocycles. The Hall–Kier alpha value is -0.840. The highest BCUT2D eigenvalue weighted by atomic mass is 127. The Balaban J connectivity index is 2.16. The van der Waals surface area contributed by atoms with Gasteiger partial charge in [0.1, 0.15) is 0 Å². The smallest absolute Gasteiger partial charge is 0.157 e. The first-order chi connectivity index (χ1) is 7.65. The molecule has 0 amide bonds. The van der Waals surface area contributed by atoms with E-state index in [0.29, 0.717) is 12.3 Å². The van der Waals surface area contributed by atoms with Gasteiger partial charge in [-0.15, -0.1) is 0 Å². The second kappa shape index (κ2) is 4.99. The van der Waals surface area contributed by atoms with E-state index in [0.717, 1.165) is 17.8 Å². The lowest BCUT2D eigenvalue weighted by Crippen LogP contribution is -2.15. The molecule has 0 saturated carbocycles. The van der Waals surface area contributed by atoms with Crippen molar-refractivity contribution >= 4 is 34.1 Å². The third-order valence-corrected chi connectivity index (χ3v) is 3.56. The average Bonchev–Trinajstić information content (AvgIpc) is 2.20. The van der Waals surface area contributed by atoms with Gasteiger partial charge in [-0.05, 0) is 47.1 Å². The van der Waals surface area contributed by atoms with Crippen molar-refractivity contribution in [3.05, 3.63) is 39.6 Å². The van der Waals surface area contributed by atoms with Crippen LogP contribution in [0.1, 0.15) is 19.8 Å². The first-order valence-corrected chi connectivity index (χ1v) is 6.48. The fourth-order valence-electron chi connectivity index (χ4n) is 1.93. The van der Waals surface area contributed by atoms with E-state index < -0.39 is 0 Å². The minimum absolute atomic E-state index is 0.229. The van der Waals surface area contributed by atoms with Crippen LogP contribution in [0.5, 0.6) is 0 Å². The van der Waals surface area contributed by atoms with Gasteiger partial charge >= 0.3 is 0 Å². The average molecular weight is 327 g/mol. The normalized spacial score (nSPS) is 20.5. The summed E-state index contributed by atoms with van der Waals surface area (Å²) in [6.07, 6.45) is 3.37. The molecule has 0 spiro atoms. The summed E-state index contributed by atoms with van der Waals surface area (Å²) in [5, 5.41) is 3.34. The van der Waals surface area contributed by atoms with Gasteiger partial charge in [-0.2, -0.15) is 0 Å². The van der Waals surface area contributed by atoms with Crippen molar-refractivity contribution in [2.75, 3.05) is 5.32 Å². The van der Waals surface area contributed by atoms with Crippen LogP contribution in [0.2, 0.25) is 0 Å². The molecule has 0 saturated heterocycles. The first-order valence-electron chi connectivity index (χ1n) is 5.40. The minimum Gasteiger partial charge on any atom is -0.358 e. The van der Waals surface area contributed by atoms with Crippen LogP contribution in [0.15, 0.2) is 36.0 Å². The van der Waals surface area contributed by atoms with Crippen LogP contribution in [-0.4, -0.2) is 5.78 Å². The molecule has 3 heteroatoms. The molecule has 2 nitrogen and oxygen atoms in total. The summed E-state index contributed by atoms with van der Waals surface area (Å²) in [6.45, 7) is 2.11. The summed E-state index contributed by atoms with van der Waals surface area (Å²) in [6, 6.07) is 8.10. The fraction of sp³-hybridized carbons (Fsp3) is 0.308. The Kier molecular flexibility index (Phi) is 3.63. The Morgan fingerprint density at radius 1 is 1.31 bits per heavy atom. The van der Waals surface area contributed by atoms with Gasteiger partial charge in [-0.25, -0.2) is 0 Å². The van der Waals surface area contributed by atoms with Crippen LogP contribution in [0, 0.1) is 9.49 Å². The highest BCUT2D eigenvalue weighted by molar-refractivity contribution is 14.1. The van der Waals surface area contributed by atoms with E-state index in [1.165, 1.54) is 3.57 Å². The van der Waals surface area contributed by atoms with Crippen molar-refractivity contribution in [3.63, 3.8) is 0 Å². The summed E-state index contributed by atoms with van der Waals surface area (Å²) < 4.78 is 1.17. The number of ketones is 1. The maximum atomic E-state index is 11.4. The largest absolute Gasteiger partial charge is 0.358 e. The molecule has 0 unspecified atom stereocenters. The van der Waals surface area contributed by atoms with Crippen LogP contribution in [0.25, 0.3) is 0 Å². The van der Waals surface area contributed by atoms with Gasteiger partial charge in [0.05, 0.1) is 5.69 Å². The number of hydrogen-bond acceptors (Lipinski definition) is 2. The zero-order chi connectivity index (χ0) is 11.5. The predicted octanol–water partition coefficient (Wildman–Crippen LogP) is 3.59. The van der Waals surface area contributed by atoms with Crippen molar-refractivity contribution in [2.24, 2.45) is 5.92 Å². The molecule has 1 atom stereocenters. The number of benzene rings is 1. The van der Waals surface area contributed by atoms with E-state index in [9.17, 15) is 4.79 Å². The number of nitrogens with one attached hydrogen (secondary N) is 1. The van der Waals surface area contributed by atoms with Gasteiger partial charge in [0, 0.05) is 21.8 Å². The Morgan fingerprint density at radius 3 is 2.75 bits per heavy atom. The van der Waals surface area contributed by atoms with Crippen molar-refractivity contribution < 1.29 is 4.79 Å². The van der Waals surface area contributed by atoms with Gasteiger partial charge in [-0.3, -0.25) is 4.79 Å². The number of carbonyl (C=O) groups is 1. The minimum atomic E-state index is 0.229. The molecular formula is C13H14INO. The van der Waals surface area contributed by atoms with E-state index in [1.807, 2.05) is 18.2 Å². The summed E-state index contributed by atoms with van der Waals surface area (Å²) in [7, 11) is 0. The van der Waals surface area contributed by atoms with Gasteiger partial charge in [0.15, 0.2) is 5.78 Å². The van der Waals surface area contributed by atoms with Gasteiger partial charge in [0.2, 0.25) is 0 Å². The second-order valence-corrected chi connectivity index (χ2v) is 5.42. The van der Waals surface area contributed by atoms with Crippen LogP contribution in [0.4, 0.5) is 5.69 Å². The second-order valence-electron chi connectivity index (χ2n) is 4.25. The Morgan fingerprint density at radius 2 is 2.06 bits per heavy atom. The number of anilines is 1. The Labute approximate surface area is 109 Å². The Bertz CT molecular complexity index is 439.